The Morgan fingerprint density at radius 3 is 2.80 bits per heavy atom. The van der Waals surface area contributed by atoms with Crippen molar-refractivity contribution < 1.29 is 0 Å². The molecule has 1 aromatic rings. The van der Waals surface area contributed by atoms with Gasteiger partial charge in [0.15, 0.2) is 0 Å². The lowest BCUT2D eigenvalue weighted by atomic mass is 9.90. The zero-order valence-corrected chi connectivity index (χ0v) is 10.0. The highest BCUT2D eigenvalue weighted by atomic mass is 35.5. The van der Waals surface area contributed by atoms with Gasteiger partial charge in [-0.25, -0.2) is 0 Å². The van der Waals surface area contributed by atoms with Crippen LogP contribution in [0.25, 0.3) is 0 Å². The monoisotopic (exact) mass is 224 g/mol. The average Bonchev–Trinajstić information content (AvgIpc) is 2.17. The molecule has 0 amide bonds. The molecule has 0 saturated carbocycles. The van der Waals surface area contributed by atoms with Crippen molar-refractivity contribution in [2.75, 3.05) is 26.7 Å². The largest absolute Gasteiger partial charge is 0.305 e. The second-order valence-electron chi connectivity index (χ2n) is 4.48. The maximum atomic E-state index is 6.24. The minimum atomic E-state index is -0.0225. The van der Waals surface area contributed by atoms with Crippen LogP contribution < -0.4 is 5.32 Å². The highest BCUT2D eigenvalue weighted by Crippen LogP contribution is 2.29. The van der Waals surface area contributed by atoms with E-state index in [2.05, 4.69) is 30.3 Å². The maximum Gasteiger partial charge on any atom is 0.0550 e. The van der Waals surface area contributed by atoms with Crippen molar-refractivity contribution in [2.45, 2.75) is 12.5 Å². The van der Waals surface area contributed by atoms with Crippen molar-refractivity contribution in [1.82, 2.24) is 10.2 Å². The first-order chi connectivity index (χ1) is 7.12. The summed E-state index contributed by atoms with van der Waals surface area (Å²) >= 11 is 6.24. The molecule has 3 heteroatoms. The van der Waals surface area contributed by atoms with E-state index in [1.807, 2.05) is 18.2 Å². The highest BCUT2D eigenvalue weighted by Gasteiger charge is 2.32. The third-order valence-corrected chi connectivity index (χ3v) is 3.39. The molecule has 0 aliphatic carbocycles. The van der Waals surface area contributed by atoms with E-state index in [4.69, 9.17) is 11.6 Å². The average molecular weight is 225 g/mol. The lowest BCUT2D eigenvalue weighted by Gasteiger charge is -2.40. The predicted octanol–water partition coefficient (Wildman–Crippen LogP) is 2.09. The number of hydrogen-bond donors (Lipinski definition) is 1. The molecular formula is C12H17ClN2. The smallest absolute Gasteiger partial charge is 0.0550 e. The lowest BCUT2D eigenvalue weighted by molar-refractivity contribution is 0.171. The summed E-state index contributed by atoms with van der Waals surface area (Å²) < 4.78 is 0. The van der Waals surface area contributed by atoms with Crippen molar-refractivity contribution in [1.29, 1.82) is 0 Å². The standard InChI is InChI=1S/C12H17ClN2/c1-12(9-15(2)8-7-14-12)10-5-3-4-6-11(10)13/h3-6,14H,7-9H2,1-2H3. The van der Waals surface area contributed by atoms with Crippen LogP contribution >= 0.6 is 11.6 Å². The van der Waals surface area contributed by atoms with Gasteiger partial charge in [0, 0.05) is 24.7 Å². The Kier molecular flexibility index (Phi) is 3.01. The van der Waals surface area contributed by atoms with E-state index < -0.39 is 0 Å². The Hall–Kier alpha value is -0.570. The van der Waals surface area contributed by atoms with Crippen LogP contribution in [0.15, 0.2) is 24.3 Å². The van der Waals surface area contributed by atoms with Crippen molar-refractivity contribution in [3.05, 3.63) is 34.9 Å². The number of piperazine rings is 1. The van der Waals surface area contributed by atoms with Crippen molar-refractivity contribution in [3.8, 4) is 0 Å². The van der Waals surface area contributed by atoms with Gasteiger partial charge < -0.3 is 10.2 Å². The van der Waals surface area contributed by atoms with Crippen molar-refractivity contribution in [2.24, 2.45) is 0 Å². The van der Waals surface area contributed by atoms with E-state index in [1.54, 1.807) is 0 Å². The van der Waals surface area contributed by atoms with Gasteiger partial charge in [-0.1, -0.05) is 29.8 Å². The summed E-state index contributed by atoms with van der Waals surface area (Å²) in [5.41, 5.74) is 1.17. The molecule has 0 bridgehead atoms. The molecule has 1 heterocycles. The summed E-state index contributed by atoms with van der Waals surface area (Å²) in [5.74, 6) is 0. The molecule has 0 aromatic heterocycles. The fraction of sp³-hybridized carbons (Fsp3) is 0.500. The third kappa shape index (κ3) is 2.17. The van der Waals surface area contributed by atoms with Crippen molar-refractivity contribution >= 4 is 11.6 Å². The van der Waals surface area contributed by atoms with E-state index in [0.29, 0.717) is 0 Å². The van der Waals surface area contributed by atoms with Crippen molar-refractivity contribution in [3.63, 3.8) is 0 Å². The first-order valence-electron chi connectivity index (χ1n) is 5.30. The Balaban J connectivity index is 2.32. The molecule has 1 fully saturated rings. The SMILES string of the molecule is CN1CCNC(C)(c2ccccc2Cl)C1. The van der Waals surface area contributed by atoms with Crippen LogP contribution in [0.1, 0.15) is 12.5 Å². The van der Waals surface area contributed by atoms with Crippen LogP contribution in [-0.2, 0) is 5.54 Å². The molecule has 0 radical (unpaired) electrons. The van der Waals surface area contributed by atoms with Gasteiger partial charge in [-0.15, -0.1) is 0 Å². The van der Waals surface area contributed by atoms with E-state index >= 15 is 0 Å². The zero-order chi connectivity index (χ0) is 10.9. The highest BCUT2D eigenvalue weighted by molar-refractivity contribution is 6.31. The number of nitrogens with one attached hydrogen (secondary N) is 1. The molecule has 1 unspecified atom stereocenters. The summed E-state index contributed by atoms with van der Waals surface area (Å²) in [6.45, 7) is 5.32. The molecule has 2 nitrogen and oxygen atoms in total. The molecule has 82 valence electrons. The number of halogens is 1. The fourth-order valence-electron chi connectivity index (χ4n) is 2.29. The second kappa shape index (κ2) is 4.12. The van der Waals surface area contributed by atoms with Crippen LogP contribution in [0.3, 0.4) is 0 Å². The number of rotatable bonds is 1. The molecule has 1 N–H and O–H groups in total. The topological polar surface area (TPSA) is 15.3 Å². The van der Waals surface area contributed by atoms with Gasteiger partial charge in [-0.3, -0.25) is 0 Å². The Morgan fingerprint density at radius 2 is 2.13 bits per heavy atom. The number of nitrogens with zero attached hydrogens (tertiary/aromatic N) is 1. The number of hydrogen-bond acceptors (Lipinski definition) is 2. The van der Waals surface area contributed by atoms with Crippen LogP contribution in [0, 0.1) is 0 Å². The summed E-state index contributed by atoms with van der Waals surface area (Å²) in [6, 6.07) is 8.08. The molecular weight excluding hydrogens is 208 g/mol. The van der Waals surface area contributed by atoms with Gasteiger partial charge in [0.2, 0.25) is 0 Å². The van der Waals surface area contributed by atoms with Gasteiger partial charge in [-0.2, -0.15) is 0 Å². The Labute approximate surface area is 96.2 Å². The zero-order valence-electron chi connectivity index (χ0n) is 9.26. The molecule has 1 atom stereocenters. The van der Waals surface area contributed by atoms with E-state index in [9.17, 15) is 0 Å². The summed E-state index contributed by atoms with van der Waals surface area (Å²) in [5, 5.41) is 4.41. The first kappa shape index (κ1) is 10.9. The van der Waals surface area contributed by atoms with E-state index in [1.165, 1.54) is 5.56 Å². The molecule has 0 spiro atoms. The minimum absolute atomic E-state index is 0.0225. The summed E-state index contributed by atoms with van der Waals surface area (Å²) in [7, 11) is 2.15. The lowest BCUT2D eigenvalue weighted by Crippen LogP contribution is -2.55. The molecule has 15 heavy (non-hydrogen) atoms. The van der Waals surface area contributed by atoms with Crippen LogP contribution in [0.5, 0.6) is 0 Å². The minimum Gasteiger partial charge on any atom is -0.305 e. The van der Waals surface area contributed by atoms with Crippen LogP contribution in [0.2, 0.25) is 5.02 Å². The predicted molar refractivity (Wildman–Crippen MR) is 64.3 cm³/mol. The molecule has 1 saturated heterocycles. The van der Waals surface area contributed by atoms with Gasteiger partial charge in [0.05, 0.1) is 5.54 Å². The van der Waals surface area contributed by atoms with Gasteiger partial charge in [0.25, 0.3) is 0 Å². The van der Waals surface area contributed by atoms with E-state index in [0.717, 1.165) is 24.7 Å². The van der Waals surface area contributed by atoms with E-state index in [-0.39, 0.29) is 5.54 Å². The molecule has 1 aromatic carbocycles. The summed E-state index contributed by atoms with van der Waals surface area (Å²) in [6.07, 6.45) is 0. The van der Waals surface area contributed by atoms with Crippen LogP contribution in [0.4, 0.5) is 0 Å². The fourth-order valence-corrected chi connectivity index (χ4v) is 2.63. The van der Waals surface area contributed by atoms with Gasteiger partial charge in [-0.05, 0) is 25.6 Å². The first-order valence-corrected chi connectivity index (χ1v) is 5.68. The van der Waals surface area contributed by atoms with Gasteiger partial charge in [0.1, 0.15) is 0 Å². The molecule has 1 aliphatic rings. The normalized spacial score (nSPS) is 27.9. The number of benzene rings is 1. The quantitative estimate of drug-likeness (QED) is 0.786. The molecule has 1 aliphatic heterocycles. The van der Waals surface area contributed by atoms with Crippen LogP contribution in [-0.4, -0.2) is 31.6 Å². The van der Waals surface area contributed by atoms with Gasteiger partial charge >= 0.3 is 0 Å². The molecule has 2 rings (SSSR count). The number of likely N-dealkylation sites (N-methyl/N-ethyl adjacent to an activating group) is 1. The Morgan fingerprint density at radius 1 is 1.40 bits per heavy atom. The Bertz CT molecular complexity index is 353. The maximum absolute atomic E-state index is 6.24. The second-order valence-corrected chi connectivity index (χ2v) is 4.88. The summed E-state index contributed by atoms with van der Waals surface area (Å²) in [4.78, 5) is 2.33. The third-order valence-electron chi connectivity index (χ3n) is 3.06.